The van der Waals surface area contributed by atoms with Crippen LogP contribution in [-0.2, 0) is 0 Å². The quantitative estimate of drug-likeness (QED) is 0.739. The second kappa shape index (κ2) is 6.08. The van der Waals surface area contributed by atoms with Crippen LogP contribution < -0.4 is 10.5 Å². The highest BCUT2D eigenvalue weighted by molar-refractivity contribution is 5.71. The van der Waals surface area contributed by atoms with Crippen molar-refractivity contribution in [2.75, 3.05) is 0 Å². The number of benzene rings is 2. The zero-order chi connectivity index (χ0) is 18.3. The largest absolute Gasteiger partial charge is 0.420 e. The third-order valence-corrected chi connectivity index (χ3v) is 4.78. The molecule has 0 amide bonds. The number of rotatable bonds is 2. The molecule has 3 N–H and O–H groups in total. The number of hydrogen-bond acceptors (Lipinski definition) is 4. The third-order valence-electron chi connectivity index (χ3n) is 4.78. The number of nitrogens with one attached hydrogen (secondary N) is 1. The number of aromatic nitrogens is 2. The van der Waals surface area contributed by atoms with Gasteiger partial charge in [0.05, 0.1) is 17.2 Å². The number of aromatic amines is 1. The van der Waals surface area contributed by atoms with Gasteiger partial charge in [-0.15, -0.1) is 5.10 Å². The maximum Gasteiger partial charge on any atom is 0.244 e. The van der Waals surface area contributed by atoms with Crippen LogP contribution in [0.3, 0.4) is 0 Å². The molecule has 1 aromatic heterocycles. The smallest absolute Gasteiger partial charge is 0.244 e. The molecule has 0 bridgehead atoms. The zero-order valence-corrected chi connectivity index (χ0v) is 14.6. The van der Waals surface area contributed by atoms with Crippen molar-refractivity contribution < 1.29 is 4.74 Å². The second-order valence-corrected chi connectivity index (χ2v) is 6.46. The summed E-state index contributed by atoms with van der Waals surface area (Å²) in [5, 5.41) is 17.1. The van der Waals surface area contributed by atoms with E-state index in [2.05, 4.69) is 16.3 Å². The lowest BCUT2D eigenvalue weighted by Crippen LogP contribution is -2.21. The first-order chi connectivity index (χ1) is 12.6. The molecule has 5 nitrogen and oxygen atoms in total. The highest BCUT2D eigenvalue weighted by atomic mass is 16.5. The van der Waals surface area contributed by atoms with Crippen molar-refractivity contribution >= 4 is 0 Å². The molecule has 26 heavy (non-hydrogen) atoms. The minimum Gasteiger partial charge on any atom is -0.420 e. The molecule has 0 unspecified atom stereocenters. The number of allylic oxidation sites excluding steroid dienone is 1. The van der Waals surface area contributed by atoms with Crippen LogP contribution in [0.1, 0.15) is 28.2 Å². The molecule has 128 valence electrons. The van der Waals surface area contributed by atoms with E-state index in [0.29, 0.717) is 11.5 Å². The fourth-order valence-electron chi connectivity index (χ4n) is 3.41. The number of ether oxygens (including phenoxy) is 1. The molecule has 0 radical (unpaired) electrons. The molecule has 0 aliphatic carbocycles. The summed E-state index contributed by atoms with van der Waals surface area (Å²) in [6.45, 7) is 4.07. The van der Waals surface area contributed by atoms with Crippen molar-refractivity contribution in [1.29, 1.82) is 5.26 Å². The molecule has 4 rings (SSSR count). The summed E-state index contributed by atoms with van der Waals surface area (Å²) < 4.78 is 5.65. The highest BCUT2D eigenvalue weighted by Gasteiger charge is 2.36. The maximum atomic E-state index is 9.75. The number of nitrogens with two attached hydrogens (primary N) is 1. The van der Waals surface area contributed by atoms with Gasteiger partial charge in [0, 0.05) is 5.56 Å². The van der Waals surface area contributed by atoms with Crippen molar-refractivity contribution in [2.24, 2.45) is 5.73 Å². The van der Waals surface area contributed by atoms with Gasteiger partial charge in [0.1, 0.15) is 11.6 Å². The summed E-state index contributed by atoms with van der Waals surface area (Å²) in [4.78, 5) is 0. The van der Waals surface area contributed by atoms with E-state index in [1.807, 2.05) is 62.4 Å². The van der Waals surface area contributed by atoms with Crippen molar-refractivity contribution in [3.05, 3.63) is 82.2 Å². The lowest BCUT2D eigenvalue weighted by Gasteiger charge is -2.25. The van der Waals surface area contributed by atoms with Gasteiger partial charge in [-0.1, -0.05) is 54.1 Å². The van der Waals surface area contributed by atoms with Crippen LogP contribution in [0.4, 0.5) is 0 Å². The van der Waals surface area contributed by atoms with E-state index < -0.39 is 0 Å². The normalized spacial score (nSPS) is 16.0. The molecule has 3 aromatic rings. The minimum atomic E-state index is -0.319. The van der Waals surface area contributed by atoms with Gasteiger partial charge in [0.2, 0.25) is 11.8 Å². The Balaban J connectivity index is 1.97. The molecule has 0 saturated heterocycles. The Bertz CT molecular complexity index is 1050. The van der Waals surface area contributed by atoms with E-state index in [4.69, 9.17) is 10.5 Å². The van der Waals surface area contributed by atoms with Gasteiger partial charge in [-0.2, -0.15) is 5.26 Å². The van der Waals surface area contributed by atoms with E-state index in [0.717, 1.165) is 27.9 Å². The summed E-state index contributed by atoms with van der Waals surface area (Å²) in [5.41, 5.74) is 12.4. The summed E-state index contributed by atoms with van der Waals surface area (Å²) in [6.07, 6.45) is 0. The Morgan fingerprint density at radius 2 is 1.85 bits per heavy atom. The topological polar surface area (TPSA) is 87.7 Å². The van der Waals surface area contributed by atoms with Crippen molar-refractivity contribution in [1.82, 2.24) is 10.2 Å². The number of nitrogens with zero attached hydrogens (tertiary/aromatic N) is 2. The van der Waals surface area contributed by atoms with Crippen molar-refractivity contribution in [2.45, 2.75) is 19.8 Å². The number of H-pyrrole nitrogens is 1. The first-order valence-corrected chi connectivity index (χ1v) is 8.38. The number of hydrogen-bond donors (Lipinski definition) is 2. The van der Waals surface area contributed by atoms with Crippen LogP contribution in [0, 0.1) is 25.2 Å². The molecule has 1 atom stereocenters. The molecule has 5 heteroatoms. The molecule has 2 heterocycles. The molecule has 0 spiro atoms. The number of nitriles is 1. The van der Waals surface area contributed by atoms with Gasteiger partial charge in [-0.3, -0.25) is 5.10 Å². The summed E-state index contributed by atoms with van der Waals surface area (Å²) in [5.74, 6) is 0.209. The fourth-order valence-corrected chi connectivity index (χ4v) is 3.41. The molecule has 1 aliphatic rings. The Morgan fingerprint density at radius 3 is 2.54 bits per heavy atom. The lowest BCUT2D eigenvalue weighted by atomic mass is 9.81. The maximum absolute atomic E-state index is 9.75. The number of fused-ring (bicyclic) bond motifs is 1. The SMILES string of the molecule is Cc1ccc(-c2[nH]nc3c2[C@H](c2ccccc2C)C(C#N)=C(N)O3)cc1. The van der Waals surface area contributed by atoms with Gasteiger partial charge in [0.15, 0.2) is 0 Å². The Labute approximate surface area is 151 Å². The average molecular weight is 342 g/mol. The van der Waals surface area contributed by atoms with Gasteiger partial charge >= 0.3 is 0 Å². The van der Waals surface area contributed by atoms with Crippen molar-refractivity contribution in [3.63, 3.8) is 0 Å². The lowest BCUT2D eigenvalue weighted by molar-refractivity contribution is 0.379. The van der Waals surface area contributed by atoms with Crippen LogP contribution in [-0.4, -0.2) is 10.2 Å². The Hall–Kier alpha value is -3.52. The van der Waals surface area contributed by atoms with Gasteiger partial charge in [-0.25, -0.2) is 0 Å². The van der Waals surface area contributed by atoms with Crippen LogP contribution >= 0.6 is 0 Å². The molecule has 0 fully saturated rings. The average Bonchev–Trinajstić information content (AvgIpc) is 3.05. The van der Waals surface area contributed by atoms with Crippen LogP contribution in [0.2, 0.25) is 0 Å². The van der Waals surface area contributed by atoms with Gasteiger partial charge in [0.25, 0.3) is 0 Å². The van der Waals surface area contributed by atoms with Crippen molar-refractivity contribution in [3.8, 4) is 23.2 Å². The third kappa shape index (κ3) is 2.44. The molecular weight excluding hydrogens is 324 g/mol. The summed E-state index contributed by atoms with van der Waals surface area (Å²) in [7, 11) is 0. The fraction of sp³-hybridized carbons (Fsp3) is 0.143. The molecule has 2 aromatic carbocycles. The summed E-state index contributed by atoms with van der Waals surface area (Å²) in [6, 6.07) is 18.4. The van der Waals surface area contributed by atoms with E-state index in [9.17, 15) is 5.26 Å². The minimum absolute atomic E-state index is 0.107. The molecule has 0 saturated carbocycles. The van der Waals surface area contributed by atoms with E-state index in [1.165, 1.54) is 5.56 Å². The molecular formula is C21H18N4O. The van der Waals surface area contributed by atoms with Gasteiger partial charge in [-0.05, 0) is 25.0 Å². The first-order valence-electron chi connectivity index (χ1n) is 8.38. The van der Waals surface area contributed by atoms with E-state index in [-0.39, 0.29) is 11.8 Å². The first kappa shape index (κ1) is 16.0. The van der Waals surface area contributed by atoms with E-state index in [1.54, 1.807) is 0 Å². The van der Waals surface area contributed by atoms with E-state index >= 15 is 0 Å². The van der Waals surface area contributed by atoms with Crippen LogP contribution in [0.25, 0.3) is 11.3 Å². The highest BCUT2D eigenvalue weighted by Crippen LogP contribution is 2.46. The summed E-state index contributed by atoms with van der Waals surface area (Å²) >= 11 is 0. The van der Waals surface area contributed by atoms with Gasteiger partial charge < -0.3 is 10.5 Å². The monoisotopic (exact) mass is 342 g/mol. The zero-order valence-electron chi connectivity index (χ0n) is 14.6. The Kier molecular flexibility index (Phi) is 3.74. The predicted octanol–water partition coefficient (Wildman–Crippen LogP) is 3.91. The Morgan fingerprint density at radius 1 is 1.12 bits per heavy atom. The molecule has 1 aliphatic heterocycles. The number of aryl methyl sites for hydroxylation is 2. The van der Waals surface area contributed by atoms with Crippen LogP contribution in [0.5, 0.6) is 5.88 Å². The predicted molar refractivity (Wildman–Crippen MR) is 99.2 cm³/mol. The van der Waals surface area contributed by atoms with Crippen LogP contribution in [0.15, 0.2) is 60.0 Å². The second-order valence-electron chi connectivity index (χ2n) is 6.46. The standard InChI is InChI=1S/C21H18N4O/c1-12-7-9-14(10-8-12)19-18-17(15-6-4-3-5-13(15)2)16(11-22)20(23)26-21(18)25-24-19/h3-10,17H,23H2,1-2H3,(H,24,25)/t17-/m1/s1.